The minimum absolute atomic E-state index is 0.129. The third kappa shape index (κ3) is 4.82. The minimum atomic E-state index is -0.458. The lowest BCUT2D eigenvalue weighted by Crippen LogP contribution is -2.88. The van der Waals surface area contributed by atoms with Crippen molar-refractivity contribution in [1.29, 1.82) is 0 Å². The van der Waals surface area contributed by atoms with Crippen molar-refractivity contribution in [3.63, 3.8) is 0 Å². The standard InChI is InChI=1S/C38H51N3O4/c1-22-15-34(42)45-33-19-29(12-13-30(22)33)40-24(3)31(11-7-8-14-39)23(2)35(43)32(16-25-9-5-4-6-10-25)41-36(44)37-20-27-17-26-18-28(21-37)38(26,27)37/h12-13,15,19,23,25-28,31-32,40H,3-11,14,16-18,20-21,39H2,1-2H3,(H,41,44). The second-order valence-electron chi connectivity index (χ2n) is 15.4. The van der Waals surface area contributed by atoms with Crippen LogP contribution in [0.15, 0.2) is 45.8 Å². The Morgan fingerprint density at radius 2 is 1.80 bits per heavy atom. The van der Waals surface area contributed by atoms with Gasteiger partial charge in [-0.25, -0.2) is 4.79 Å². The highest BCUT2D eigenvalue weighted by atomic mass is 16.4. The Kier molecular flexibility index (Phi) is 7.99. The van der Waals surface area contributed by atoms with Crippen molar-refractivity contribution in [2.24, 2.45) is 52.1 Å². The van der Waals surface area contributed by atoms with E-state index in [9.17, 15) is 14.4 Å². The van der Waals surface area contributed by atoms with Crippen molar-refractivity contribution in [3.8, 4) is 0 Å². The van der Waals surface area contributed by atoms with Gasteiger partial charge >= 0.3 is 5.63 Å². The molecule has 7 heteroatoms. The first kappa shape index (κ1) is 30.7. The molecule has 5 aliphatic carbocycles. The predicted molar refractivity (Wildman–Crippen MR) is 177 cm³/mol. The maximum absolute atomic E-state index is 14.5. The molecule has 242 valence electrons. The molecule has 5 atom stereocenters. The molecule has 1 aromatic carbocycles. The first-order valence-corrected chi connectivity index (χ1v) is 17.7. The molecule has 5 unspecified atom stereocenters. The zero-order valence-electron chi connectivity index (χ0n) is 27.2. The molecule has 5 aliphatic rings. The monoisotopic (exact) mass is 613 g/mol. The summed E-state index contributed by atoms with van der Waals surface area (Å²) < 4.78 is 5.48. The largest absolute Gasteiger partial charge is 0.423 e. The summed E-state index contributed by atoms with van der Waals surface area (Å²) in [5.41, 5.74) is 8.50. The van der Waals surface area contributed by atoms with Crippen LogP contribution < -0.4 is 22.0 Å². The van der Waals surface area contributed by atoms with E-state index >= 15 is 0 Å². The Labute approximate surface area is 267 Å². The molecule has 7 nitrogen and oxygen atoms in total. The fraction of sp³-hybridized carbons (Fsp3) is 0.658. The van der Waals surface area contributed by atoms with E-state index < -0.39 is 6.04 Å². The van der Waals surface area contributed by atoms with Crippen molar-refractivity contribution in [3.05, 3.63) is 52.5 Å². The van der Waals surface area contributed by atoms with Gasteiger partial charge in [0.05, 0.1) is 11.5 Å². The molecule has 0 aliphatic heterocycles. The van der Waals surface area contributed by atoms with Crippen molar-refractivity contribution >= 4 is 28.3 Å². The Morgan fingerprint density at radius 1 is 1.07 bits per heavy atom. The summed E-state index contributed by atoms with van der Waals surface area (Å²) >= 11 is 0. The summed E-state index contributed by atoms with van der Waals surface area (Å²) in [7, 11) is 0. The van der Waals surface area contributed by atoms with E-state index in [0.29, 0.717) is 23.5 Å². The number of unbranched alkanes of at least 4 members (excludes halogenated alkanes) is 1. The Bertz CT molecular complexity index is 1530. The topological polar surface area (TPSA) is 114 Å². The van der Waals surface area contributed by atoms with E-state index in [-0.39, 0.29) is 34.6 Å². The molecular formula is C38H51N3O4. The maximum Gasteiger partial charge on any atom is 0.336 e. The van der Waals surface area contributed by atoms with Crippen LogP contribution in [0.2, 0.25) is 0 Å². The van der Waals surface area contributed by atoms with Crippen LogP contribution in [0.5, 0.6) is 0 Å². The number of fused-ring (bicyclic) bond motifs is 1. The number of benzene rings is 1. The SMILES string of the molecule is C=C(Nc1ccc2c(C)cc(=O)oc2c1)C(CCCCN)C(C)C(=O)C(CC1CCCCC1)NC(=O)C12CC3CC4CC(C1)C432. The molecule has 5 fully saturated rings. The highest BCUT2D eigenvalue weighted by Gasteiger charge is 2.89. The molecule has 7 rings (SSSR count). The number of carbonyl (C=O) groups is 2. The van der Waals surface area contributed by atoms with Crippen molar-refractivity contribution in [1.82, 2.24) is 5.32 Å². The third-order valence-electron chi connectivity index (χ3n) is 13.3. The van der Waals surface area contributed by atoms with Crippen molar-refractivity contribution < 1.29 is 14.0 Å². The number of anilines is 1. The number of Topliss-reactive ketones (excluding diaryl/α,β-unsaturated/α-hetero) is 1. The Morgan fingerprint density at radius 3 is 2.47 bits per heavy atom. The predicted octanol–water partition coefficient (Wildman–Crippen LogP) is 6.87. The van der Waals surface area contributed by atoms with Gasteiger partial charge in [0.25, 0.3) is 0 Å². The van der Waals surface area contributed by atoms with E-state index in [2.05, 4.69) is 17.2 Å². The third-order valence-corrected chi connectivity index (χ3v) is 13.3. The van der Waals surface area contributed by atoms with Crippen LogP contribution in [0.25, 0.3) is 11.0 Å². The molecule has 0 radical (unpaired) electrons. The number of rotatable bonds is 14. The van der Waals surface area contributed by atoms with Gasteiger partial charge in [-0.15, -0.1) is 0 Å². The summed E-state index contributed by atoms with van der Waals surface area (Å²) in [6.45, 7) is 8.95. The van der Waals surface area contributed by atoms with Crippen LogP contribution in [0.3, 0.4) is 0 Å². The van der Waals surface area contributed by atoms with Crippen LogP contribution in [0.1, 0.15) is 96.0 Å². The van der Waals surface area contributed by atoms with Crippen molar-refractivity contribution in [2.45, 2.75) is 103 Å². The highest BCUT2D eigenvalue weighted by Crippen LogP contribution is 2.92. The molecule has 1 amide bonds. The fourth-order valence-corrected chi connectivity index (χ4v) is 11.0. The molecular weight excluding hydrogens is 562 g/mol. The van der Waals surface area contributed by atoms with E-state index in [1.165, 1.54) is 38.2 Å². The van der Waals surface area contributed by atoms with Gasteiger partial charge < -0.3 is 20.8 Å². The molecule has 5 saturated carbocycles. The summed E-state index contributed by atoms with van der Waals surface area (Å²) in [5, 5.41) is 7.77. The van der Waals surface area contributed by atoms with Crippen LogP contribution in [0.4, 0.5) is 5.69 Å². The molecule has 1 aromatic heterocycles. The molecule has 0 bridgehead atoms. The summed E-state index contributed by atoms with van der Waals surface area (Å²) in [6.07, 6.45) is 13.9. The number of hydrogen-bond donors (Lipinski definition) is 3. The number of nitrogens with one attached hydrogen (secondary N) is 2. The number of nitrogens with two attached hydrogens (primary N) is 1. The van der Waals surface area contributed by atoms with Gasteiger partial charge in [0, 0.05) is 40.7 Å². The number of allylic oxidation sites excluding steroid dienone is 1. The Balaban J connectivity index is 1.10. The smallest absolute Gasteiger partial charge is 0.336 e. The van der Waals surface area contributed by atoms with Gasteiger partial charge in [-0.05, 0) is 105 Å². The number of hydrogen-bond acceptors (Lipinski definition) is 6. The van der Waals surface area contributed by atoms with Crippen LogP contribution >= 0.6 is 0 Å². The number of amides is 1. The first-order valence-electron chi connectivity index (χ1n) is 17.7. The number of aryl methyl sites for hydroxylation is 1. The Hall–Kier alpha value is -2.93. The lowest BCUT2D eigenvalue weighted by atomic mass is 9.13. The van der Waals surface area contributed by atoms with Gasteiger partial charge in [0.1, 0.15) is 5.58 Å². The fourth-order valence-electron chi connectivity index (χ4n) is 11.0. The molecule has 0 saturated heterocycles. The lowest BCUT2D eigenvalue weighted by molar-refractivity contribution is -0.413. The van der Waals surface area contributed by atoms with E-state index in [1.807, 2.05) is 32.0 Å². The van der Waals surface area contributed by atoms with Gasteiger partial charge in [0.15, 0.2) is 5.78 Å². The van der Waals surface area contributed by atoms with Crippen LogP contribution in [-0.4, -0.2) is 24.3 Å². The molecule has 45 heavy (non-hydrogen) atoms. The zero-order valence-corrected chi connectivity index (χ0v) is 27.2. The molecule has 1 spiro atoms. The molecule has 1 heterocycles. The quantitative estimate of drug-likeness (QED) is 0.158. The zero-order chi connectivity index (χ0) is 31.5. The van der Waals surface area contributed by atoms with Gasteiger partial charge in [0.2, 0.25) is 5.91 Å². The first-order chi connectivity index (χ1) is 21.7. The van der Waals surface area contributed by atoms with Crippen LogP contribution in [0, 0.1) is 53.3 Å². The lowest BCUT2D eigenvalue weighted by Gasteiger charge is -2.90. The second-order valence-corrected chi connectivity index (χ2v) is 15.4. The van der Waals surface area contributed by atoms with E-state index in [4.69, 9.17) is 10.2 Å². The minimum Gasteiger partial charge on any atom is -0.423 e. The normalized spacial score (nSPS) is 31.5. The summed E-state index contributed by atoms with van der Waals surface area (Å²) in [6, 6.07) is 6.78. The van der Waals surface area contributed by atoms with Gasteiger partial charge in [-0.3, -0.25) is 9.59 Å². The number of ketones is 1. The summed E-state index contributed by atoms with van der Waals surface area (Å²) in [5.74, 6) is 2.58. The van der Waals surface area contributed by atoms with Gasteiger partial charge in [-0.1, -0.05) is 52.0 Å². The molecule has 4 N–H and O–H groups in total. The van der Waals surface area contributed by atoms with Gasteiger partial charge in [-0.2, -0.15) is 0 Å². The van der Waals surface area contributed by atoms with Crippen molar-refractivity contribution in [2.75, 3.05) is 11.9 Å². The number of carbonyl (C=O) groups excluding carboxylic acids is 2. The average Bonchev–Trinajstić information content (AvgIpc) is 2.97. The van der Waals surface area contributed by atoms with E-state index in [1.54, 1.807) is 0 Å². The summed E-state index contributed by atoms with van der Waals surface area (Å²) in [4.78, 5) is 40.7. The van der Waals surface area contributed by atoms with E-state index in [0.717, 1.165) is 91.5 Å². The van der Waals surface area contributed by atoms with Crippen LogP contribution in [-0.2, 0) is 9.59 Å². The second kappa shape index (κ2) is 11.7. The average molecular weight is 614 g/mol. The molecule has 2 aromatic rings. The highest BCUT2D eigenvalue weighted by molar-refractivity contribution is 5.94. The maximum atomic E-state index is 14.5.